The van der Waals surface area contributed by atoms with Crippen molar-refractivity contribution in [1.29, 1.82) is 0 Å². The molecule has 0 saturated heterocycles. The maximum Gasteiger partial charge on any atom is 0.0837 e. The highest BCUT2D eigenvalue weighted by molar-refractivity contribution is 9.10. The third-order valence-corrected chi connectivity index (χ3v) is 2.56. The van der Waals surface area contributed by atoms with E-state index in [9.17, 15) is 0 Å². The molecule has 0 spiro atoms. The molecule has 0 aliphatic rings. The molecule has 3 heteroatoms. The van der Waals surface area contributed by atoms with Crippen LogP contribution in [0.1, 0.15) is 31.5 Å². The normalized spacial score (nSPS) is 13.4. The molecule has 0 bridgehead atoms. The Morgan fingerprint density at radius 1 is 1.64 bits per heavy atom. The average molecular weight is 255 g/mol. The van der Waals surface area contributed by atoms with Gasteiger partial charge in [0.2, 0.25) is 0 Å². The summed E-state index contributed by atoms with van der Waals surface area (Å²) < 4.78 is 1.01. The fraction of sp³-hybridized carbons (Fsp3) is 0.455. The predicted molar refractivity (Wildman–Crippen MR) is 64.0 cm³/mol. The highest BCUT2D eigenvalue weighted by Gasteiger charge is 1.98. The Balaban J connectivity index is 2.82. The van der Waals surface area contributed by atoms with Crippen molar-refractivity contribution in [3.05, 3.63) is 28.0 Å². The molecule has 1 unspecified atom stereocenters. The molecular formula is C11H15BrN2. The lowest BCUT2D eigenvalue weighted by Crippen LogP contribution is -1.98. The number of hydrogen-bond donors (Lipinski definition) is 0. The van der Waals surface area contributed by atoms with E-state index in [1.54, 1.807) is 6.20 Å². The van der Waals surface area contributed by atoms with Crippen LogP contribution in [0.25, 0.3) is 0 Å². The van der Waals surface area contributed by atoms with Gasteiger partial charge in [-0.2, -0.15) is 0 Å². The van der Waals surface area contributed by atoms with Crippen LogP contribution < -0.4 is 0 Å². The maximum atomic E-state index is 4.40. The number of aryl methyl sites for hydroxylation is 1. The van der Waals surface area contributed by atoms with Crippen molar-refractivity contribution in [2.24, 2.45) is 4.99 Å². The van der Waals surface area contributed by atoms with Crippen molar-refractivity contribution in [2.75, 3.05) is 0 Å². The maximum absolute atomic E-state index is 4.40. The minimum absolute atomic E-state index is 0.375. The average Bonchev–Trinajstić information content (AvgIpc) is 2.16. The van der Waals surface area contributed by atoms with Gasteiger partial charge in [0.15, 0.2) is 0 Å². The van der Waals surface area contributed by atoms with Gasteiger partial charge in [0.1, 0.15) is 0 Å². The van der Waals surface area contributed by atoms with E-state index in [1.165, 1.54) is 0 Å². The van der Waals surface area contributed by atoms with Gasteiger partial charge in [0.25, 0.3) is 0 Å². The number of halogens is 1. The van der Waals surface area contributed by atoms with Crippen LogP contribution in [-0.2, 0) is 0 Å². The SMILES string of the molecule is CCC(C)N=Cc1ncc(Br)cc1C. The summed E-state index contributed by atoms with van der Waals surface area (Å²) in [5.41, 5.74) is 2.10. The van der Waals surface area contributed by atoms with E-state index in [2.05, 4.69) is 39.8 Å². The van der Waals surface area contributed by atoms with Gasteiger partial charge in [-0.1, -0.05) is 6.92 Å². The van der Waals surface area contributed by atoms with Gasteiger partial charge in [0, 0.05) is 22.9 Å². The monoisotopic (exact) mass is 254 g/mol. The van der Waals surface area contributed by atoms with Crippen molar-refractivity contribution >= 4 is 22.1 Å². The van der Waals surface area contributed by atoms with Crippen molar-refractivity contribution < 1.29 is 0 Å². The lowest BCUT2D eigenvalue weighted by molar-refractivity contribution is 0.720. The van der Waals surface area contributed by atoms with E-state index in [4.69, 9.17) is 0 Å². The Morgan fingerprint density at radius 3 is 2.93 bits per heavy atom. The Labute approximate surface area is 93.6 Å². The molecule has 0 saturated carbocycles. The summed E-state index contributed by atoms with van der Waals surface area (Å²) >= 11 is 3.38. The Hall–Kier alpha value is -0.700. The highest BCUT2D eigenvalue weighted by Crippen LogP contribution is 2.11. The van der Waals surface area contributed by atoms with E-state index in [-0.39, 0.29) is 0 Å². The first kappa shape index (κ1) is 11.4. The summed E-state index contributed by atoms with van der Waals surface area (Å²) in [4.78, 5) is 8.69. The first-order chi connectivity index (χ1) is 6.63. The van der Waals surface area contributed by atoms with Gasteiger partial charge in [-0.3, -0.25) is 9.98 Å². The molecule has 0 fully saturated rings. The van der Waals surface area contributed by atoms with Crippen LogP contribution in [-0.4, -0.2) is 17.2 Å². The Morgan fingerprint density at radius 2 is 2.36 bits per heavy atom. The molecule has 1 heterocycles. The lowest BCUT2D eigenvalue weighted by Gasteiger charge is -2.02. The zero-order valence-corrected chi connectivity index (χ0v) is 10.4. The molecule has 0 radical (unpaired) electrons. The molecule has 1 atom stereocenters. The molecule has 76 valence electrons. The number of nitrogens with zero attached hydrogens (tertiary/aromatic N) is 2. The van der Waals surface area contributed by atoms with Gasteiger partial charge in [0.05, 0.1) is 5.69 Å². The summed E-state index contributed by atoms with van der Waals surface area (Å²) in [5, 5.41) is 0. The molecule has 0 aliphatic heterocycles. The second kappa shape index (κ2) is 5.25. The summed E-state index contributed by atoms with van der Waals surface area (Å²) in [6.45, 7) is 6.27. The smallest absolute Gasteiger partial charge is 0.0837 e. The van der Waals surface area contributed by atoms with Crippen LogP contribution in [0.2, 0.25) is 0 Å². The molecular weight excluding hydrogens is 240 g/mol. The first-order valence-corrected chi connectivity index (χ1v) is 5.58. The van der Waals surface area contributed by atoms with Crippen molar-refractivity contribution in [1.82, 2.24) is 4.98 Å². The molecule has 14 heavy (non-hydrogen) atoms. The van der Waals surface area contributed by atoms with E-state index in [0.717, 1.165) is 22.2 Å². The minimum Gasteiger partial charge on any atom is -0.288 e. The van der Waals surface area contributed by atoms with Gasteiger partial charge >= 0.3 is 0 Å². The molecule has 2 nitrogen and oxygen atoms in total. The second-order valence-corrected chi connectivity index (χ2v) is 4.31. The van der Waals surface area contributed by atoms with Crippen LogP contribution in [0.4, 0.5) is 0 Å². The van der Waals surface area contributed by atoms with Gasteiger partial charge in [-0.15, -0.1) is 0 Å². The minimum atomic E-state index is 0.375. The van der Waals surface area contributed by atoms with Crippen molar-refractivity contribution in [2.45, 2.75) is 33.2 Å². The summed E-state index contributed by atoms with van der Waals surface area (Å²) in [6, 6.07) is 2.42. The van der Waals surface area contributed by atoms with E-state index in [1.807, 2.05) is 19.2 Å². The summed E-state index contributed by atoms with van der Waals surface area (Å²) in [7, 11) is 0. The van der Waals surface area contributed by atoms with Gasteiger partial charge in [-0.05, 0) is 47.8 Å². The van der Waals surface area contributed by atoms with Crippen molar-refractivity contribution in [3.8, 4) is 0 Å². The van der Waals surface area contributed by atoms with Crippen LogP contribution >= 0.6 is 15.9 Å². The quantitative estimate of drug-likeness (QED) is 0.760. The Bertz CT molecular complexity index is 334. The molecule has 0 aliphatic carbocycles. The lowest BCUT2D eigenvalue weighted by atomic mass is 10.2. The molecule has 0 N–H and O–H groups in total. The number of aromatic nitrogens is 1. The number of aliphatic imine (C=N–C) groups is 1. The number of rotatable bonds is 3. The third kappa shape index (κ3) is 3.22. The Kier molecular flexibility index (Phi) is 4.26. The van der Waals surface area contributed by atoms with Crippen LogP contribution in [0, 0.1) is 6.92 Å². The van der Waals surface area contributed by atoms with Gasteiger partial charge in [-0.25, -0.2) is 0 Å². The molecule has 0 aromatic carbocycles. The summed E-state index contributed by atoms with van der Waals surface area (Å²) in [6.07, 6.45) is 4.72. The summed E-state index contributed by atoms with van der Waals surface area (Å²) in [5.74, 6) is 0. The second-order valence-electron chi connectivity index (χ2n) is 3.39. The fourth-order valence-electron chi connectivity index (χ4n) is 0.989. The number of pyridine rings is 1. The highest BCUT2D eigenvalue weighted by atomic mass is 79.9. The first-order valence-electron chi connectivity index (χ1n) is 4.78. The van der Waals surface area contributed by atoms with E-state index in [0.29, 0.717) is 6.04 Å². The molecule has 1 aromatic rings. The van der Waals surface area contributed by atoms with Gasteiger partial charge < -0.3 is 0 Å². The topological polar surface area (TPSA) is 25.2 Å². The van der Waals surface area contributed by atoms with Crippen LogP contribution in [0.5, 0.6) is 0 Å². The fourth-order valence-corrected chi connectivity index (χ4v) is 1.44. The molecule has 1 rings (SSSR count). The standard InChI is InChI=1S/C11H15BrN2/c1-4-9(3)13-7-11-8(2)5-10(12)6-14-11/h5-7,9H,4H2,1-3H3. The zero-order valence-electron chi connectivity index (χ0n) is 8.79. The predicted octanol–water partition coefficient (Wildman–Crippen LogP) is 3.37. The third-order valence-electron chi connectivity index (χ3n) is 2.13. The van der Waals surface area contributed by atoms with Crippen molar-refractivity contribution in [3.63, 3.8) is 0 Å². The molecule has 1 aromatic heterocycles. The van der Waals surface area contributed by atoms with Crippen LogP contribution in [0.15, 0.2) is 21.7 Å². The van der Waals surface area contributed by atoms with E-state index >= 15 is 0 Å². The molecule has 0 amide bonds. The van der Waals surface area contributed by atoms with Crippen LogP contribution in [0.3, 0.4) is 0 Å². The largest absolute Gasteiger partial charge is 0.288 e. The van der Waals surface area contributed by atoms with E-state index < -0.39 is 0 Å². The number of hydrogen-bond acceptors (Lipinski definition) is 2. The zero-order chi connectivity index (χ0) is 10.6.